The molecule has 1 amide bonds. The molecular formula is C28H24F35NO13P2. The van der Waals surface area contributed by atoms with Crippen LogP contribution in [0.2, 0.25) is 0 Å². The van der Waals surface area contributed by atoms with Crippen molar-refractivity contribution in [1.82, 2.24) is 5.32 Å². The van der Waals surface area contributed by atoms with Crippen LogP contribution in [0.15, 0.2) is 0 Å². The third kappa shape index (κ3) is 16.0. The van der Waals surface area contributed by atoms with Gasteiger partial charge >= 0.3 is 103 Å². The molecular weight excluding hydrogens is 1290 g/mol. The number of nitrogens with one attached hydrogen (secondary N) is 1. The molecule has 4 N–H and O–H groups in total. The van der Waals surface area contributed by atoms with E-state index in [4.69, 9.17) is 5.26 Å². The van der Waals surface area contributed by atoms with E-state index in [9.17, 15) is 164 Å². The number of alkyl halides is 35. The Morgan fingerprint density at radius 3 is 0.987 bits per heavy atom. The molecule has 0 aromatic rings. The van der Waals surface area contributed by atoms with Gasteiger partial charge in [0, 0.05) is 22.4 Å². The van der Waals surface area contributed by atoms with Crippen molar-refractivity contribution in [3.63, 3.8) is 0 Å². The van der Waals surface area contributed by atoms with Crippen LogP contribution < -0.4 is 5.32 Å². The summed E-state index contributed by atoms with van der Waals surface area (Å²) in [6.07, 6.45) is -100. The lowest BCUT2D eigenvalue weighted by Gasteiger charge is -2.44. The highest BCUT2D eigenvalue weighted by atomic mass is 31.2. The van der Waals surface area contributed by atoms with E-state index in [1.54, 1.807) is 4.74 Å². The van der Waals surface area contributed by atoms with Crippen molar-refractivity contribution in [2.45, 2.75) is 160 Å². The third-order valence-corrected chi connectivity index (χ3v) is 9.86. The second-order valence-corrected chi connectivity index (χ2v) is 16.1. The minimum Gasteiger partial charge on any atom is -0.356 e. The van der Waals surface area contributed by atoms with Crippen molar-refractivity contribution in [2.24, 2.45) is 0 Å². The number of halogens is 35. The highest BCUT2D eigenvalue weighted by molar-refractivity contribution is 7.47. The minimum atomic E-state index is -9.65. The lowest BCUT2D eigenvalue weighted by molar-refractivity contribution is -0.600. The number of hydrogen-bond acceptors (Lipinski definition) is 13. The fraction of sp³-hybridized carbons (Fsp3) is 0.964. The Morgan fingerprint density at radius 2 is 0.709 bits per heavy atom. The second-order valence-electron chi connectivity index (χ2n) is 14.5. The fourth-order valence-electron chi connectivity index (χ4n) is 4.72. The second kappa shape index (κ2) is 24.5. The summed E-state index contributed by atoms with van der Waals surface area (Å²) in [5.41, 5.74) is -2.74. The van der Waals surface area contributed by atoms with E-state index in [2.05, 4.69) is 19.3 Å². The molecule has 0 radical (unpaired) electrons. The molecule has 51 heteroatoms. The first-order valence-electron chi connectivity index (χ1n) is 18.6. The first kappa shape index (κ1) is 76.4. The number of amides is 1. The van der Waals surface area contributed by atoms with Crippen LogP contribution in [0, 0.1) is 0 Å². The Hall–Kier alpha value is -2.60. The molecule has 0 aromatic heterocycles. The van der Waals surface area contributed by atoms with Gasteiger partial charge in [-0.2, -0.15) is 168 Å². The zero-order chi connectivity index (χ0) is 63.6. The molecule has 14 nitrogen and oxygen atoms in total. The molecule has 0 aromatic carbocycles. The third-order valence-electron chi connectivity index (χ3n) is 8.73. The van der Waals surface area contributed by atoms with E-state index in [1.807, 2.05) is 0 Å². The summed E-state index contributed by atoms with van der Waals surface area (Å²) in [4.78, 5) is 25.7. The Kier molecular flexibility index (Phi) is 23.7. The summed E-state index contributed by atoms with van der Waals surface area (Å²) in [5.74, 6) is -57.7. The quantitative estimate of drug-likeness (QED) is 0.0129. The van der Waals surface area contributed by atoms with Crippen LogP contribution in [0.4, 0.5) is 154 Å². The van der Waals surface area contributed by atoms with Gasteiger partial charge in [-0.1, -0.05) is 37.1 Å². The predicted molar refractivity (Wildman–Crippen MR) is 171 cm³/mol. The molecule has 8 atom stereocenters. The molecule has 0 aliphatic rings. The van der Waals surface area contributed by atoms with Crippen LogP contribution in [-0.2, 0) is 47.8 Å². The number of hydrogen-bond donors (Lipinski definition) is 4. The standard InChI is InChI=1S/C28H24F35NO13P2/c29-12(18(36,37)38,10(65)64-9-7-5-3-1-2-4-6-8-11(66,74-76-77-78)79(68)75-67)69-25(56,57)14(32,20(42,43)44)71-27(60,61)16(34,22(48,49)50)73-28(62,63)17(35,23(51,52)53)72-26(58,59)15(33,21(45,46)47)70-24(54,55)13(30,31)19(39,40)41/h66-68H,1-9,78H2,(H,64,65). The summed E-state index contributed by atoms with van der Waals surface area (Å²) in [5, 5.41) is 23.0. The Morgan fingerprint density at radius 1 is 0.418 bits per heavy atom. The SMILES string of the molecule is O=C(NCCCCCCCCCC(O)(OOOP)P(O)OO)C(F)(OC(F)(F)C(F)(OC(F)(F)C(F)(OC(F)(F)C(F)(OC(F)(F)C(F)(OC(F)(F)C(F)(F)C(F)(F)F)C(F)(F)F)C(F)(F)F)C(F)(F)F)C(F)(F)F)C(F)(F)F. The summed E-state index contributed by atoms with van der Waals surface area (Å²) in [6.45, 7) is -1.52. The normalized spacial score (nSPS) is 19.8. The first-order chi connectivity index (χ1) is 34.5. The van der Waals surface area contributed by atoms with Crippen LogP contribution in [0.25, 0.3) is 0 Å². The number of carbonyl (C=O) groups excluding carboxylic acids is 1. The van der Waals surface area contributed by atoms with Crippen LogP contribution in [0.5, 0.6) is 0 Å². The van der Waals surface area contributed by atoms with E-state index in [0.29, 0.717) is 5.32 Å². The number of unbranched alkanes of at least 4 members (excludes halogenated alkanes) is 6. The molecule has 0 rings (SSSR count). The Labute approximate surface area is 412 Å². The number of carbonyl (C=O) groups is 1. The van der Waals surface area contributed by atoms with Crippen molar-refractivity contribution in [2.75, 3.05) is 6.54 Å². The number of ether oxygens (including phenoxy) is 5. The zero-order valence-corrected chi connectivity index (χ0v) is 38.1. The van der Waals surface area contributed by atoms with Gasteiger partial charge in [-0.25, -0.2) is 5.26 Å². The monoisotopic (exact) mass is 1310 g/mol. The molecule has 474 valence electrons. The highest BCUT2D eigenvalue weighted by Crippen LogP contribution is 2.62. The average molecular weight is 1310 g/mol. The number of aliphatic hydroxyl groups is 1. The van der Waals surface area contributed by atoms with E-state index >= 15 is 4.39 Å². The maximum atomic E-state index is 15.0. The van der Waals surface area contributed by atoms with Crippen molar-refractivity contribution in [3.8, 4) is 0 Å². The smallest absolute Gasteiger partial charge is 0.356 e. The molecule has 0 aliphatic heterocycles. The van der Waals surface area contributed by atoms with Gasteiger partial charge in [0.2, 0.25) is 0 Å². The van der Waals surface area contributed by atoms with Crippen LogP contribution in [0.3, 0.4) is 0 Å². The van der Waals surface area contributed by atoms with Gasteiger partial charge in [-0.05, 0) is 12.8 Å². The Balaban J connectivity index is 7.17. The highest BCUT2D eigenvalue weighted by Gasteiger charge is 2.91. The molecule has 0 heterocycles. The molecule has 0 saturated carbocycles. The van der Waals surface area contributed by atoms with Gasteiger partial charge in [-0.3, -0.25) is 28.5 Å². The Bertz CT molecular complexity index is 1980. The van der Waals surface area contributed by atoms with Gasteiger partial charge in [0.25, 0.3) is 19.8 Å². The van der Waals surface area contributed by atoms with Gasteiger partial charge in [-0.15, -0.1) is 0 Å². The van der Waals surface area contributed by atoms with Gasteiger partial charge in [0.05, 0.1) is 0 Å². The lowest BCUT2D eigenvalue weighted by Crippen LogP contribution is -2.73. The van der Waals surface area contributed by atoms with Gasteiger partial charge in [0.1, 0.15) is 0 Å². The molecule has 79 heavy (non-hydrogen) atoms. The molecule has 0 fully saturated rings. The van der Waals surface area contributed by atoms with E-state index < -0.39 is 148 Å². The largest absolute Gasteiger partial charge is 0.462 e. The maximum Gasteiger partial charge on any atom is 0.462 e. The summed E-state index contributed by atoms with van der Waals surface area (Å²) in [6, 6.07) is 0. The van der Waals surface area contributed by atoms with Crippen LogP contribution in [0.1, 0.15) is 51.4 Å². The average Bonchev–Trinajstić information content (AvgIpc) is 3.22. The molecule has 8 unspecified atom stereocenters. The molecule has 0 saturated heterocycles. The first-order valence-corrected chi connectivity index (χ1v) is 20.3. The van der Waals surface area contributed by atoms with E-state index in [1.165, 1.54) is 9.47 Å². The van der Waals surface area contributed by atoms with E-state index in [0.717, 1.165) is 18.9 Å². The van der Waals surface area contributed by atoms with Crippen LogP contribution >= 0.6 is 17.8 Å². The topological polar surface area (TPSA) is 173 Å². The minimum absolute atomic E-state index is 0.00985. The molecule has 0 aliphatic carbocycles. The van der Waals surface area contributed by atoms with Gasteiger partial charge < -0.3 is 15.3 Å². The predicted octanol–water partition coefficient (Wildman–Crippen LogP) is 12.7. The maximum absolute atomic E-state index is 15.0. The lowest BCUT2D eigenvalue weighted by atomic mass is 10.1. The van der Waals surface area contributed by atoms with E-state index in [-0.39, 0.29) is 32.1 Å². The zero-order valence-electron chi connectivity index (χ0n) is 36.0. The molecule has 0 spiro atoms. The van der Waals surface area contributed by atoms with Gasteiger partial charge in [0.15, 0.2) is 0 Å². The number of rotatable bonds is 31. The summed E-state index contributed by atoms with van der Waals surface area (Å²) >= 11 is 0. The van der Waals surface area contributed by atoms with Crippen molar-refractivity contribution >= 4 is 23.7 Å². The van der Waals surface area contributed by atoms with Crippen molar-refractivity contribution < 1.29 is 217 Å². The fourth-order valence-corrected chi connectivity index (χ4v) is 5.33. The van der Waals surface area contributed by atoms with Crippen molar-refractivity contribution in [3.05, 3.63) is 0 Å². The summed E-state index contributed by atoms with van der Waals surface area (Å²) < 4.78 is 495. The van der Waals surface area contributed by atoms with Crippen molar-refractivity contribution in [1.29, 1.82) is 0 Å². The molecule has 0 bridgehead atoms. The summed E-state index contributed by atoms with van der Waals surface area (Å²) in [7, 11) is -1.74. The van der Waals surface area contributed by atoms with Crippen LogP contribution in [-0.4, -0.2) is 136 Å².